The van der Waals surface area contributed by atoms with E-state index in [-0.39, 0.29) is 17.2 Å². The molecule has 158 valence electrons. The molecule has 31 heavy (non-hydrogen) atoms. The smallest absolute Gasteiger partial charge is 0.162 e. The fraction of sp³-hybridized carbons (Fsp3) is 0.269. The van der Waals surface area contributed by atoms with Gasteiger partial charge in [-0.2, -0.15) is 0 Å². The maximum absolute atomic E-state index is 13.6. The lowest BCUT2D eigenvalue weighted by Gasteiger charge is -2.40. The summed E-state index contributed by atoms with van der Waals surface area (Å²) in [6, 6.07) is 16.4. The van der Waals surface area contributed by atoms with E-state index in [1.165, 1.54) is 16.3 Å². The molecule has 0 saturated carbocycles. The number of allylic oxidation sites excluding steroid dienone is 1. The molecule has 5 rings (SSSR count). The fourth-order valence-electron chi connectivity index (χ4n) is 5.08. The Labute approximate surface area is 199 Å². The summed E-state index contributed by atoms with van der Waals surface area (Å²) in [4.78, 5) is 13.6. The van der Waals surface area contributed by atoms with E-state index in [1.807, 2.05) is 12.1 Å². The molecular weight excluding hydrogens is 518 g/mol. The van der Waals surface area contributed by atoms with Crippen LogP contribution in [0.4, 0.5) is 5.69 Å². The average molecular weight is 541 g/mol. The van der Waals surface area contributed by atoms with Gasteiger partial charge in [0.15, 0.2) is 5.78 Å². The minimum Gasteiger partial charge on any atom is -0.495 e. The van der Waals surface area contributed by atoms with Crippen LogP contribution in [-0.2, 0) is 4.79 Å². The molecule has 2 aliphatic rings. The SMILES string of the molecule is COc1c(Br)cc(Br)cc1[C@@H]1Nc2ccc3ccccc3c2C2=C1C(=O)CC(C)(C)C2. The van der Waals surface area contributed by atoms with Crippen LogP contribution in [0.15, 0.2) is 63.0 Å². The summed E-state index contributed by atoms with van der Waals surface area (Å²) >= 11 is 7.24. The molecule has 1 aliphatic carbocycles. The standard InChI is InChI=1S/C26H23Br2NO2/c1-26(2)12-18-22-16-7-5-4-6-14(16)8-9-20(22)29-24(23(18)21(30)13-26)17-10-15(27)11-19(28)25(17)31-3/h4-11,24,29H,12-13H2,1-3H3/t24-/m0/s1. The van der Waals surface area contributed by atoms with E-state index < -0.39 is 0 Å². The summed E-state index contributed by atoms with van der Waals surface area (Å²) in [6.45, 7) is 4.37. The van der Waals surface area contributed by atoms with Crippen molar-refractivity contribution in [2.45, 2.75) is 32.7 Å². The van der Waals surface area contributed by atoms with Crippen molar-refractivity contribution in [1.29, 1.82) is 0 Å². The van der Waals surface area contributed by atoms with E-state index in [0.717, 1.165) is 43.5 Å². The lowest BCUT2D eigenvalue weighted by molar-refractivity contribution is -0.118. The molecule has 3 aromatic carbocycles. The largest absolute Gasteiger partial charge is 0.495 e. The van der Waals surface area contributed by atoms with Crippen molar-refractivity contribution < 1.29 is 9.53 Å². The molecule has 3 aromatic rings. The number of carbonyl (C=O) groups excluding carboxylic acids is 1. The maximum atomic E-state index is 13.6. The molecule has 1 N–H and O–H groups in total. The van der Waals surface area contributed by atoms with Crippen LogP contribution in [0.5, 0.6) is 5.75 Å². The molecule has 0 aromatic heterocycles. The molecule has 3 nitrogen and oxygen atoms in total. The topological polar surface area (TPSA) is 38.3 Å². The molecule has 1 aliphatic heterocycles. The van der Waals surface area contributed by atoms with Gasteiger partial charge in [0.1, 0.15) is 5.75 Å². The molecule has 0 amide bonds. The summed E-state index contributed by atoms with van der Waals surface area (Å²) in [5.74, 6) is 0.954. The number of anilines is 1. The van der Waals surface area contributed by atoms with Gasteiger partial charge >= 0.3 is 0 Å². The zero-order valence-corrected chi connectivity index (χ0v) is 20.9. The van der Waals surface area contributed by atoms with Crippen LogP contribution < -0.4 is 10.1 Å². The van der Waals surface area contributed by atoms with Crippen molar-refractivity contribution in [2.75, 3.05) is 12.4 Å². The average Bonchev–Trinajstić information content (AvgIpc) is 2.71. The molecule has 0 radical (unpaired) electrons. The first-order valence-electron chi connectivity index (χ1n) is 10.4. The minimum atomic E-state index is -0.268. The number of hydrogen-bond acceptors (Lipinski definition) is 3. The van der Waals surface area contributed by atoms with Crippen molar-refractivity contribution in [1.82, 2.24) is 0 Å². The van der Waals surface area contributed by atoms with Crippen molar-refractivity contribution in [3.8, 4) is 5.75 Å². The highest BCUT2D eigenvalue weighted by molar-refractivity contribution is 9.11. The molecule has 0 fully saturated rings. The lowest BCUT2D eigenvalue weighted by Crippen LogP contribution is -2.33. The van der Waals surface area contributed by atoms with Gasteiger partial charge in [-0.05, 0) is 62.3 Å². The molecule has 1 atom stereocenters. The first-order valence-corrected chi connectivity index (χ1v) is 12.0. The first kappa shape index (κ1) is 20.8. The Morgan fingerprint density at radius 3 is 2.61 bits per heavy atom. The number of ether oxygens (including phenoxy) is 1. The minimum absolute atomic E-state index is 0.0754. The Morgan fingerprint density at radius 2 is 1.84 bits per heavy atom. The van der Waals surface area contributed by atoms with E-state index in [1.54, 1.807) is 7.11 Å². The number of benzene rings is 3. The van der Waals surface area contributed by atoms with Crippen LogP contribution in [0.2, 0.25) is 0 Å². The number of rotatable bonds is 2. The third-order valence-electron chi connectivity index (χ3n) is 6.29. The number of methoxy groups -OCH3 is 1. The molecule has 0 bridgehead atoms. The number of Topliss-reactive ketones (excluding diaryl/α,β-unsaturated/α-hetero) is 1. The molecule has 0 unspecified atom stereocenters. The highest BCUT2D eigenvalue weighted by Crippen LogP contribution is 2.53. The van der Waals surface area contributed by atoms with Crippen molar-refractivity contribution in [2.24, 2.45) is 5.41 Å². The monoisotopic (exact) mass is 539 g/mol. The number of halogens is 2. The summed E-state index contributed by atoms with van der Waals surface area (Å²) in [7, 11) is 1.67. The van der Waals surface area contributed by atoms with Crippen LogP contribution in [-0.4, -0.2) is 12.9 Å². The lowest BCUT2D eigenvalue weighted by atomic mass is 9.68. The van der Waals surface area contributed by atoms with Crippen LogP contribution in [0, 0.1) is 5.41 Å². The fourth-order valence-corrected chi connectivity index (χ4v) is 6.50. The van der Waals surface area contributed by atoms with Gasteiger partial charge in [0.2, 0.25) is 0 Å². The number of ketones is 1. The number of hydrogen-bond donors (Lipinski definition) is 1. The van der Waals surface area contributed by atoms with Gasteiger partial charge < -0.3 is 10.1 Å². The van der Waals surface area contributed by atoms with E-state index in [9.17, 15) is 4.79 Å². The zero-order chi connectivity index (χ0) is 21.9. The summed E-state index contributed by atoms with van der Waals surface area (Å²) in [5, 5.41) is 6.06. The van der Waals surface area contributed by atoms with Crippen LogP contribution in [0.1, 0.15) is 43.9 Å². The second-order valence-electron chi connectivity index (χ2n) is 9.13. The van der Waals surface area contributed by atoms with Crippen molar-refractivity contribution in [3.05, 3.63) is 74.2 Å². The number of fused-ring (bicyclic) bond motifs is 4. The Morgan fingerprint density at radius 1 is 1.06 bits per heavy atom. The number of carbonyl (C=O) groups is 1. The van der Waals surface area contributed by atoms with Crippen molar-refractivity contribution in [3.63, 3.8) is 0 Å². The highest BCUT2D eigenvalue weighted by Gasteiger charge is 2.41. The summed E-state index contributed by atoms with van der Waals surface area (Å²) < 4.78 is 7.55. The van der Waals surface area contributed by atoms with Gasteiger partial charge in [0, 0.05) is 33.3 Å². The van der Waals surface area contributed by atoms with Crippen LogP contribution >= 0.6 is 31.9 Å². The van der Waals surface area contributed by atoms with Gasteiger partial charge in [-0.1, -0.05) is 60.1 Å². The van der Waals surface area contributed by atoms with Crippen LogP contribution in [0.3, 0.4) is 0 Å². The molecule has 0 saturated heterocycles. The normalized spacial score (nSPS) is 19.6. The second-order valence-corrected chi connectivity index (χ2v) is 10.9. The van der Waals surface area contributed by atoms with Gasteiger partial charge in [-0.25, -0.2) is 0 Å². The Bertz CT molecular complexity index is 1280. The molecule has 5 heteroatoms. The molecular formula is C26H23Br2NO2. The van der Waals surface area contributed by atoms with Gasteiger partial charge in [0.05, 0.1) is 17.6 Å². The van der Waals surface area contributed by atoms with E-state index in [0.29, 0.717) is 6.42 Å². The number of nitrogens with one attached hydrogen (secondary N) is 1. The first-order chi connectivity index (χ1) is 14.8. The third kappa shape index (κ3) is 3.42. The highest BCUT2D eigenvalue weighted by atomic mass is 79.9. The summed E-state index contributed by atoms with van der Waals surface area (Å²) in [6.07, 6.45) is 1.41. The Balaban J connectivity index is 1.83. The van der Waals surface area contributed by atoms with E-state index in [2.05, 4.69) is 87.4 Å². The quantitative estimate of drug-likeness (QED) is 0.362. The third-order valence-corrected chi connectivity index (χ3v) is 7.34. The Kier molecular flexibility index (Phi) is 5.02. The zero-order valence-electron chi connectivity index (χ0n) is 17.7. The maximum Gasteiger partial charge on any atom is 0.162 e. The van der Waals surface area contributed by atoms with Crippen LogP contribution in [0.25, 0.3) is 16.3 Å². The van der Waals surface area contributed by atoms with Gasteiger partial charge in [-0.3, -0.25) is 4.79 Å². The Hall–Kier alpha value is -2.11. The molecule has 1 heterocycles. The van der Waals surface area contributed by atoms with Gasteiger partial charge in [-0.15, -0.1) is 0 Å². The summed E-state index contributed by atoms with van der Waals surface area (Å²) in [5.41, 5.74) is 5.13. The van der Waals surface area contributed by atoms with E-state index in [4.69, 9.17) is 4.74 Å². The van der Waals surface area contributed by atoms with Gasteiger partial charge in [0.25, 0.3) is 0 Å². The van der Waals surface area contributed by atoms with Crippen molar-refractivity contribution >= 4 is 59.7 Å². The van der Waals surface area contributed by atoms with E-state index >= 15 is 0 Å². The predicted octanol–water partition coefficient (Wildman–Crippen LogP) is 7.68. The second kappa shape index (κ2) is 7.49. The predicted molar refractivity (Wildman–Crippen MR) is 134 cm³/mol. The molecule has 0 spiro atoms.